The molecule has 0 radical (unpaired) electrons. The van der Waals surface area contributed by atoms with Gasteiger partial charge >= 0.3 is 0 Å². The maximum absolute atomic E-state index is 11.9. The number of amides is 1. The van der Waals surface area contributed by atoms with E-state index in [-0.39, 0.29) is 23.7 Å². The fraction of sp³-hybridized carbons (Fsp3) is 0.929. The van der Waals surface area contributed by atoms with Crippen LogP contribution in [0.15, 0.2) is 0 Å². The van der Waals surface area contributed by atoms with Crippen molar-refractivity contribution in [3.63, 3.8) is 0 Å². The van der Waals surface area contributed by atoms with Crippen molar-refractivity contribution in [2.45, 2.75) is 58.1 Å². The van der Waals surface area contributed by atoms with Crippen molar-refractivity contribution in [1.82, 2.24) is 10.6 Å². The molecule has 114 valence electrons. The van der Waals surface area contributed by atoms with Crippen LogP contribution in [0.2, 0.25) is 0 Å². The van der Waals surface area contributed by atoms with Crippen LogP contribution in [0.1, 0.15) is 46.0 Å². The average molecular weight is 293 g/mol. The lowest BCUT2D eigenvalue weighted by molar-refractivity contribution is -0.141. The van der Waals surface area contributed by atoms with Crippen LogP contribution in [0.3, 0.4) is 0 Å². The van der Waals surface area contributed by atoms with Crippen LogP contribution in [-0.4, -0.2) is 38.8 Å². The molecule has 2 atom stereocenters. The van der Waals surface area contributed by atoms with Crippen LogP contribution in [-0.2, 0) is 9.53 Å². The molecule has 19 heavy (non-hydrogen) atoms. The van der Waals surface area contributed by atoms with E-state index >= 15 is 0 Å². The molecule has 0 aliphatic heterocycles. The lowest BCUT2D eigenvalue weighted by Crippen LogP contribution is -2.64. The molecular weight excluding hydrogens is 264 g/mol. The minimum Gasteiger partial charge on any atom is -0.381 e. The highest BCUT2D eigenvalue weighted by molar-refractivity contribution is 5.85. The van der Waals surface area contributed by atoms with Crippen molar-refractivity contribution >= 4 is 18.3 Å². The number of rotatable bonds is 8. The van der Waals surface area contributed by atoms with Crippen molar-refractivity contribution < 1.29 is 9.53 Å². The normalized spacial score (nSPS) is 24.2. The van der Waals surface area contributed by atoms with E-state index in [4.69, 9.17) is 4.74 Å². The minimum absolute atomic E-state index is 0. The molecular formula is C14H29ClN2O2. The van der Waals surface area contributed by atoms with Gasteiger partial charge in [0.1, 0.15) is 0 Å². The van der Waals surface area contributed by atoms with E-state index in [9.17, 15) is 4.79 Å². The molecule has 2 N–H and O–H groups in total. The Morgan fingerprint density at radius 3 is 2.47 bits per heavy atom. The zero-order chi connectivity index (χ0) is 13.6. The quantitative estimate of drug-likeness (QED) is 0.674. The fourth-order valence-electron chi connectivity index (χ4n) is 3.17. The monoisotopic (exact) mass is 292 g/mol. The number of carbonyl (C=O) groups excluding carboxylic acids is 1. The summed E-state index contributed by atoms with van der Waals surface area (Å²) in [6.45, 7) is 5.27. The van der Waals surface area contributed by atoms with E-state index in [1.165, 1.54) is 0 Å². The molecule has 1 aliphatic carbocycles. The Kier molecular flexibility index (Phi) is 8.62. The number of hydrogen-bond acceptors (Lipinski definition) is 3. The zero-order valence-electron chi connectivity index (χ0n) is 12.6. The van der Waals surface area contributed by atoms with Crippen molar-refractivity contribution in [1.29, 1.82) is 0 Å². The average Bonchev–Trinajstić information content (AvgIpc) is 2.36. The van der Waals surface area contributed by atoms with Gasteiger partial charge in [-0.1, -0.05) is 13.8 Å². The van der Waals surface area contributed by atoms with E-state index in [2.05, 4.69) is 24.5 Å². The second-order valence-electron chi connectivity index (χ2n) is 5.23. The molecule has 4 nitrogen and oxygen atoms in total. The summed E-state index contributed by atoms with van der Waals surface area (Å²) in [7, 11) is 3.68. The molecule has 0 heterocycles. The third-order valence-electron chi connectivity index (χ3n) is 4.55. The lowest BCUT2D eigenvalue weighted by Gasteiger charge is -2.55. The Hall–Kier alpha value is -0.320. The van der Waals surface area contributed by atoms with Gasteiger partial charge in [-0.3, -0.25) is 4.79 Å². The number of ether oxygens (including phenoxy) is 1. The van der Waals surface area contributed by atoms with E-state index in [0.29, 0.717) is 18.6 Å². The van der Waals surface area contributed by atoms with Gasteiger partial charge in [0.25, 0.3) is 0 Å². The van der Waals surface area contributed by atoms with Gasteiger partial charge in [-0.15, -0.1) is 12.4 Å². The summed E-state index contributed by atoms with van der Waals surface area (Å²) in [5, 5.41) is 6.24. The molecule has 0 aromatic rings. The smallest absolute Gasteiger partial charge is 0.220 e. The third-order valence-corrected chi connectivity index (χ3v) is 4.55. The Balaban J connectivity index is 0.00000324. The Morgan fingerprint density at radius 2 is 2.00 bits per heavy atom. The van der Waals surface area contributed by atoms with Crippen molar-refractivity contribution in [2.75, 3.05) is 20.7 Å². The summed E-state index contributed by atoms with van der Waals surface area (Å²) in [6, 6.07) is 0.291. The third kappa shape index (κ3) is 4.07. The van der Waals surface area contributed by atoms with Crippen LogP contribution in [0.25, 0.3) is 0 Å². The summed E-state index contributed by atoms with van der Waals surface area (Å²) in [5.41, 5.74) is 0.146. The molecule has 0 aromatic heterocycles. The van der Waals surface area contributed by atoms with Crippen LogP contribution < -0.4 is 10.6 Å². The topological polar surface area (TPSA) is 50.4 Å². The van der Waals surface area contributed by atoms with Gasteiger partial charge in [-0.25, -0.2) is 0 Å². The number of hydrogen-bond donors (Lipinski definition) is 2. The van der Waals surface area contributed by atoms with Crippen LogP contribution in [0.5, 0.6) is 0 Å². The van der Waals surface area contributed by atoms with Crippen LogP contribution >= 0.6 is 12.4 Å². The molecule has 1 fully saturated rings. The van der Waals surface area contributed by atoms with E-state index in [1.807, 2.05) is 7.05 Å². The van der Waals surface area contributed by atoms with Gasteiger partial charge in [-0.05, 0) is 39.3 Å². The molecule has 0 aromatic carbocycles. The minimum atomic E-state index is 0. The largest absolute Gasteiger partial charge is 0.381 e. The first-order valence-electron chi connectivity index (χ1n) is 7.11. The second kappa shape index (κ2) is 8.77. The molecule has 0 saturated heterocycles. The summed E-state index contributed by atoms with van der Waals surface area (Å²) in [6.07, 6.45) is 4.88. The van der Waals surface area contributed by atoms with E-state index in [1.54, 1.807) is 7.11 Å². The Labute approximate surface area is 123 Å². The standard InChI is InChI=1S/C14H28N2O2.ClH/c1-5-14(6-2)11(10-12(14)18-4)16-13(17)8-7-9-15-3;/h11-12,15H,5-10H2,1-4H3,(H,16,17);1H. The van der Waals surface area contributed by atoms with Gasteiger partial charge in [0.2, 0.25) is 5.91 Å². The first-order valence-corrected chi connectivity index (χ1v) is 7.11. The van der Waals surface area contributed by atoms with E-state index in [0.717, 1.165) is 32.2 Å². The van der Waals surface area contributed by atoms with Gasteiger partial charge in [0.15, 0.2) is 0 Å². The highest BCUT2D eigenvalue weighted by Gasteiger charge is 2.53. The molecule has 1 saturated carbocycles. The molecule has 5 heteroatoms. The van der Waals surface area contributed by atoms with Crippen LogP contribution in [0, 0.1) is 5.41 Å². The highest BCUT2D eigenvalue weighted by Crippen LogP contribution is 2.48. The van der Waals surface area contributed by atoms with Gasteiger partial charge in [0.05, 0.1) is 6.10 Å². The zero-order valence-corrected chi connectivity index (χ0v) is 13.4. The molecule has 2 unspecified atom stereocenters. The summed E-state index contributed by atoms with van der Waals surface area (Å²) in [5.74, 6) is 0.177. The van der Waals surface area contributed by atoms with Gasteiger partial charge in [0, 0.05) is 25.0 Å². The fourth-order valence-corrected chi connectivity index (χ4v) is 3.17. The first kappa shape index (κ1) is 18.7. The lowest BCUT2D eigenvalue weighted by atomic mass is 9.58. The molecule has 0 bridgehead atoms. The number of methoxy groups -OCH3 is 1. The molecule has 1 aliphatic rings. The predicted molar refractivity (Wildman–Crippen MR) is 80.8 cm³/mol. The maximum atomic E-state index is 11.9. The van der Waals surface area contributed by atoms with Crippen molar-refractivity contribution in [3.05, 3.63) is 0 Å². The van der Waals surface area contributed by atoms with Gasteiger partial charge < -0.3 is 15.4 Å². The molecule has 0 spiro atoms. The predicted octanol–water partition coefficient (Wildman–Crippen LogP) is 2.12. The van der Waals surface area contributed by atoms with Crippen LogP contribution in [0.4, 0.5) is 0 Å². The SMILES string of the molecule is CCC1(CC)C(NC(=O)CCCNC)CC1OC.Cl. The first-order chi connectivity index (χ1) is 8.64. The molecule has 1 rings (SSSR count). The Bertz CT molecular complexity index is 270. The Morgan fingerprint density at radius 1 is 1.37 bits per heavy atom. The van der Waals surface area contributed by atoms with Crippen molar-refractivity contribution in [3.8, 4) is 0 Å². The summed E-state index contributed by atoms with van der Waals surface area (Å²) >= 11 is 0. The maximum Gasteiger partial charge on any atom is 0.220 e. The highest BCUT2D eigenvalue weighted by atomic mass is 35.5. The number of halogens is 1. The summed E-state index contributed by atoms with van der Waals surface area (Å²) < 4.78 is 5.53. The number of nitrogens with one attached hydrogen (secondary N) is 2. The van der Waals surface area contributed by atoms with Gasteiger partial charge in [-0.2, -0.15) is 0 Å². The second-order valence-corrected chi connectivity index (χ2v) is 5.23. The van der Waals surface area contributed by atoms with Crippen molar-refractivity contribution in [2.24, 2.45) is 5.41 Å². The van der Waals surface area contributed by atoms with E-state index < -0.39 is 0 Å². The number of carbonyl (C=O) groups is 1. The molecule has 1 amide bonds. The summed E-state index contributed by atoms with van der Waals surface area (Å²) in [4.78, 5) is 11.9.